The molecule has 0 fully saturated rings. The summed E-state index contributed by atoms with van der Waals surface area (Å²) < 4.78 is 1.81. The Labute approximate surface area is 112 Å². The van der Waals surface area contributed by atoms with Gasteiger partial charge in [-0.25, -0.2) is 0 Å². The number of carbonyl (C=O) groups is 2. The molecule has 6 nitrogen and oxygen atoms in total. The van der Waals surface area contributed by atoms with Gasteiger partial charge in [0.25, 0.3) is 5.91 Å². The lowest BCUT2D eigenvalue weighted by atomic mass is 10.1. The van der Waals surface area contributed by atoms with E-state index in [0.717, 1.165) is 12.2 Å². The van der Waals surface area contributed by atoms with Crippen LogP contribution in [0.2, 0.25) is 0 Å². The first-order chi connectivity index (χ1) is 8.86. The van der Waals surface area contributed by atoms with Gasteiger partial charge in [-0.1, -0.05) is 20.8 Å². The van der Waals surface area contributed by atoms with Gasteiger partial charge in [0.15, 0.2) is 0 Å². The van der Waals surface area contributed by atoms with E-state index >= 15 is 0 Å². The van der Waals surface area contributed by atoms with Gasteiger partial charge in [0.2, 0.25) is 0 Å². The molecule has 0 aliphatic heterocycles. The summed E-state index contributed by atoms with van der Waals surface area (Å²) in [4.78, 5) is 22.7. The van der Waals surface area contributed by atoms with E-state index in [4.69, 9.17) is 5.11 Å². The molecule has 1 rings (SSSR count). The maximum absolute atomic E-state index is 12.0. The largest absolute Gasteiger partial charge is 0.480 e. The van der Waals surface area contributed by atoms with Crippen LogP contribution in [0.1, 0.15) is 43.7 Å². The summed E-state index contributed by atoms with van der Waals surface area (Å²) in [5.41, 5.74) is 1.29. The normalized spacial score (nSPS) is 12.5. The topological polar surface area (TPSA) is 84.2 Å². The molecule has 0 aliphatic rings. The fraction of sp³-hybridized carbons (Fsp3) is 0.615. The Morgan fingerprint density at radius 1 is 1.42 bits per heavy atom. The number of hydrogen-bond acceptors (Lipinski definition) is 3. The Kier molecular flexibility index (Phi) is 5.09. The van der Waals surface area contributed by atoms with Gasteiger partial charge in [0.1, 0.15) is 6.04 Å². The third-order valence-corrected chi connectivity index (χ3v) is 2.78. The molecule has 19 heavy (non-hydrogen) atoms. The number of nitrogens with zero attached hydrogens (tertiary/aromatic N) is 2. The van der Waals surface area contributed by atoms with Crippen LogP contribution in [-0.2, 0) is 17.8 Å². The van der Waals surface area contributed by atoms with Gasteiger partial charge in [-0.05, 0) is 19.3 Å². The van der Waals surface area contributed by atoms with Crippen molar-refractivity contribution in [2.45, 2.75) is 46.7 Å². The summed E-state index contributed by atoms with van der Waals surface area (Å²) >= 11 is 0. The van der Waals surface area contributed by atoms with E-state index in [-0.39, 0.29) is 5.91 Å². The van der Waals surface area contributed by atoms with Gasteiger partial charge in [-0.15, -0.1) is 0 Å². The van der Waals surface area contributed by atoms with E-state index in [1.54, 1.807) is 0 Å². The van der Waals surface area contributed by atoms with Crippen molar-refractivity contribution in [1.29, 1.82) is 0 Å². The van der Waals surface area contributed by atoms with Crippen LogP contribution in [0.5, 0.6) is 0 Å². The van der Waals surface area contributed by atoms with Crippen LogP contribution in [0.3, 0.4) is 0 Å². The fourth-order valence-electron chi connectivity index (χ4n) is 1.81. The molecule has 0 aliphatic carbocycles. The highest BCUT2D eigenvalue weighted by Crippen LogP contribution is 2.12. The highest BCUT2D eigenvalue weighted by molar-refractivity contribution is 5.97. The molecule has 0 spiro atoms. The quantitative estimate of drug-likeness (QED) is 0.813. The van der Waals surface area contributed by atoms with Gasteiger partial charge in [-0.2, -0.15) is 5.10 Å². The lowest BCUT2D eigenvalue weighted by Crippen LogP contribution is -2.38. The predicted octanol–water partition coefficient (Wildman–Crippen LogP) is 1.30. The number of carboxylic acids is 1. The summed E-state index contributed by atoms with van der Waals surface area (Å²) in [6.07, 6.45) is 2.18. The van der Waals surface area contributed by atoms with Crippen molar-refractivity contribution in [2.75, 3.05) is 0 Å². The minimum atomic E-state index is -1.05. The molecule has 1 aromatic rings. The average molecular weight is 267 g/mol. The summed E-state index contributed by atoms with van der Waals surface area (Å²) in [6.45, 7) is 8.28. The van der Waals surface area contributed by atoms with Crippen molar-refractivity contribution >= 4 is 11.9 Å². The van der Waals surface area contributed by atoms with Gasteiger partial charge < -0.3 is 10.4 Å². The number of aromatic nitrogens is 2. The second-order valence-electron chi connectivity index (χ2n) is 4.97. The number of hydrogen-bond donors (Lipinski definition) is 2. The number of nitrogens with one attached hydrogen (secondary N) is 1. The van der Waals surface area contributed by atoms with Crippen molar-refractivity contribution in [1.82, 2.24) is 15.1 Å². The zero-order chi connectivity index (χ0) is 14.6. The van der Waals surface area contributed by atoms with Gasteiger partial charge in [0.05, 0.1) is 17.5 Å². The van der Waals surface area contributed by atoms with E-state index < -0.39 is 12.0 Å². The standard InChI is InChI=1S/C13H21N3O3/c1-5-11-10(6-14-16(11)7-8(2)3)12(17)15-9(4)13(18)19/h6,8-9H,5,7H2,1-4H3,(H,15,17)(H,18,19)/t9-/m0/s1. The minimum Gasteiger partial charge on any atom is -0.480 e. The number of carboxylic acid groups (broad SMARTS) is 1. The fourth-order valence-corrected chi connectivity index (χ4v) is 1.81. The minimum absolute atomic E-state index is 0.387. The zero-order valence-electron chi connectivity index (χ0n) is 11.8. The molecular formula is C13H21N3O3. The summed E-state index contributed by atoms with van der Waals surface area (Å²) in [5.74, 6) is -1.01. The number of aliphatic carboxylic acids is 1. The molecule has 0 bridgehead atoms. The monoisotopic (exact) mass is 267 g/mol. The van der Waals surface area contributed by atoms with Crippen molar-refractivity contribution in [3.8, 4) is 0 Å². The van der Waals surface area contributed by atoms with Gasteiger partial charge >= 0.3 is 5.97 Å². The van der Waals surface area contributed by atoms with E-state index in [1.807, 2.05) is 11.6 Å². The molecular weight excluding hydrogens is 246 g/mol. The maximum atomic E-state index is 12.0. The van der Waals surface area contributed by atoms with Crippen molar-refractivity contribution in [2.24, 2.45) is 5.92 Å². The van der Waals surface area contributed by atoms with Crippen LogP contribution in [0.25, 0.3) is 0 Å². The number of carbonyl (C=O) groups excluding carboxylic acids is 1. The van der Waals surface area contributed by atoms with Crippen LogP contribution in [0.15, 0.2) is 6.20 Å². The van der Waals surface area contributed by atoms with Gasteiger partial charge in [-0.3, -0.25) is 14.3 Å². The molecule has 0 aromatic carbocycles. The first-order valence-corrected chi connectivity index (χ1v) is 6.45. The van der Waals surface area contributed by atoms with Crippen LogP contribution in [-0.4, -0.2) is 32.8 Å². The molecule has 1 atom stereocenters. The lowest BCUT2D eigenvalue weighted by molar-refractivity contribution is -0.138. The van der Waals surface area contributed by atoms with E-state index in [0.29, 0.717) is 17.9 Å². The summed E-state index contributed by atoms with van der Waals surface area (Å²) in [5, 5.41) is 15.4. The molecule has 6 heteroatoms. The summed E-state index contributed by atoms with van der Waals surface area (Å²) in [6, 6.07) is -0.911. The number of amides is 1. The molecule has 0 radical (unpaired) electrons. The molecule has 106 valence electrons. The molecule has 1 heterocycles. The Bertz CT molecular complexity index is 466. The van der Waals surface area contributed by atoms with Crippen LogP contribution in [0, 0.1) is 5.92 Å². The first-order valence-electron chi connectivity index (χ1n) is 6.45. The number of rotatable bonds is 6. The summed E-state index contributed by atoms with van der Waals surface area (Å²) in [7, 11) is 0. The lowest BCUT2D eigenvalue weighted by Gasteiger charge is -2.11. The van der Waals surface area contributed by atoms with E-state index in [1.165, 1.54) is 13.1 Å². The zero-order valence-corrected chi connectivity index (χ0v) is 11.8. The smallest absolute Gasteiger partial charge is 0.325 e. The molecule has 0 saturated carbocycles. The third-order valence-electron chi connectivity index (χ3n) is 2.78. The van der Waals surface area contributed by atoms with Crippen molar-refractivity contribution < 1.29 is 14.7 Å². The van der Waals surface area contributed by atoms with Crippen LogP contribution < -0.4 is 5.32 Å². The molecule has 0 saturated heterocycles. The molecule has 2 N–H and O–H groups in total. The van der Waals surface area contributed by atoms with Crippen LogP contribution >= 0.6 is 0 Å². The molecule has 0 unspecified atom stereocenters. The van der Waals surface area contributed by atoms with Crippen molar-refractivity contribution in [3.05, 3.63) is 17.5 Å². The van der Waals surface area contributed by atoms with E-state index in [2.05, 4.69) is 24.3 Å². The predicted molar refractivity (Wildman–Crippen MR) is 71.0 cm³/mol. The van der Waals surface area contributed by atoms with Gasteiger partial charge in [0, 0.05) is 6.54 Å². The molecule has 1 amide bonds. The Hall–Kier alpha value is -1.85. The highest BCUT2D eigenvalue weighted by atomic mass is 16.4. The Balaban J connectivity index is 2.91. The van der Waals surface area contributed by atoms with Crippen LogP contribution in [0.4, 0.5) is 0 Å². The van der Waals surface area contributed by atoms with E-state index in [9.17, 15) is 9.59 Å². The second-order valence-corrected chi connectivity index (χ2v) is 4.97. The van der Waals surface area contributed by atoms with Crippen molar-refractivity contribution in [3.63, 3.8) is 0 Å². The SMILES string of the molecule is CCc1c(C(=O)N[C@@H](C)C(=O)O)cnn1CC(C)C. The average Bonchev–Trinajstić information content (AvgIpc) is 2.70. The second kappa shape index (κ2) is 6.36. The highest BCUT2D eigenvalue weighted by Gasteiger charge is 2.20. The maximum Gasteiger partial charge on any atom is 0.325 e. The third kappa shape index (κ3) is 3.81. The Morgan fingerprint density at radius 3 is 2.53 bits per heavy atom. The first kappa shape index (κ1) is 15.2. The molecule has 1 aromatic heterocycles. The Morgan fingerprint density at radius 2 is 2.05 bits per heavy atom.